The topological polar surface area (TPSA) is 108 Å². The zero-order chi connectivity index (χ0) is 24.0. The van der Waals surface area contributed by atoms with Gasteiger partial charge in [-0.1, -0.05) is 12.1 Å². The Morgan fingerprint density at radius 1 is 1.06 bits per heavy atom. The van der Waals surface area contributed by atoms with Gasteiger partial charge < -0.3 is 10.6 Å². The lowest BCUT2D eigenvalue weighted by molar-refractivity contribution is -0.116. The Bertz CT molecular complexity index is 1230. The lowest BCUT2D eigenvalue weighted by Crippen LogP contribution is -2.28. The van der Waals surface area contributed by atoms with E-state index in [-0.39, 0.29) is 29.7 Å². The highest BCUT2D eigenvalue weighted by Crippen LogP contribution is 2.26. The van der Waals surface area contributed by atoms with E-state index in [1.165, 1.54) is 37.4 Å². The average Bonchev–Trinajstić information content (AvgIpc) is 3.22. The minimum Gasteiger partial charge on any atom is -0.326 e. The molecule has 8 nitrogen and oxygen atoms in total. The summed E-state index contributed by atoms with van der Waals surface area (Å²) in [6.45, 7) is 1.57. The van der Waals surface area contributed by atoms with Gasteiger partial charge in [0.2, 0.25) is 21.8 Å². The van der Waals surface area contributed by atoms with E-state index < -0.39 is 15.8 Å². The Kier molecular flexibility index (Phi) is 7.90. The standard InChI is InChI=1S/C22H23FN4O4S2/c1-15(28)24-18-9-5-16(6-10-18)20-14-32-22(25-20)26-21(29)4-3-13-27(2)33(30,31)19-11-7-17(23)8-12-19/h5-12,14H,3-4,13H2,1-2H3,(H,24,28)(H,25,26,29). The van der Waals surface area contributed by atoms with Gasteiger partial charge in [-0.15, -0.1) is 11.3 Å². The van der Waals surface area contributed by atoms with Crippen LogP contribution in [-0.2, 0) is 19.6 Å². The number of nitrogens with zero attached hydrogens (tertiary/aromatic N) is 2. The highest BCUT2D eigenvalue weighted by Gasteiger charge is 2.20. The lowest BCUT2D eigenvalue weighted by atomic mass is 10.1. The Labute approximate surface area is 195 Å². The number of carbonyl (C=O) groups is 2. The van der Waals surface area contributed by atoms with Gasteiger partial charge in [-0.2, -0.15) is 0 Å². The molecule has 0 saturated carbocycles. The van der Waals surface area contributed by atoms with Crippen LogP contribution in [0.1, 0.15) is 19.8 Å². The number of benzene rings is 2. The van der Waals surface area contributed by atoms with Gasteiger partial charge in [0.25, 0.3) is 0 Å². The van der Waals surface area contributed by atoms with E-state index in [0.29, 0.717) is 22.9 Å². The molecule has 2 N–H and O–H groups in total. The maximum atomic E-state index is 13.0. The van der Waals surface area contributed by atoms with Crippen LogP contribution in [0.5, 0.6) is 0 Å². The fourth-order valence-electron chi connectivity index (χ4n) is 2.94. The molecule has 0 aliphatic carbocycles. The number of amides is 2. The summed E-state index contributed by atoms with van der Waals surface area (Å²) < 4.78 is 39.2. The second kappa shape index (κ2) is 10.6. The van der Waals surface area contributed by atoms with Crippen LogP contribution in [0.3, 0.4) is 0 Å². The molecule has 0 aliphatic rings. The van der Waals surface area contributed by atoms with E-state index >= 15 is 0 Å². The number of rotatable bonds is 9. The molecule has 2 aromatic carbocycles. The molecule has 11 heteroatoms. The van der Waals surface area contributed by atoms with Gasteiger partial charge >= 0.3 is 0 Å². The van der Waals surface area contributed by atoms with Crippen molar-refractivity contribution in [2.75, 3.05) is 24.2 Å². The van der Waals surface area contributed by atoms with Crippen molar-refractivity contribution in [1.29, 1.82) is 0 Å². The number of halogens is 1. The quantitative estimate of drug-likeness (QED) is 0.472. The van der Waals surface area contributed by atoms with Gasteiger partial charge in [0.05, 0.1) is 10.6 Å². The highest BCUT2D eigenvalue weighted by atomic mass is 32.2. The minimum absolute atomic E-state index is 0.00345. The molecular weight excluding hydrogens is 467 g/mol. The predicted molar refractivity (Wildman–Crippen MR) is 126 cm³/mol. The minimum atomic E-state index is -3.75. The predicted octanol–water partition coefficient (Wildman–Crippen LogP) is 3.95. The molecule has 2 amide bonds. The van der Waals surface area contributed by atoms with Crippen LogP contribution in [0, 0.1) is 5.82 Å². The van der Waals surface area contributed by atoms with E-state index in [1.807, 2.05) is 17.5 Å². The van der Waals surface area contributed by atoms with E-state index in [4.69, 9.17) is 0 Å². The third-order valence-corrected chi connectivity index (χ3v) is 7.28. The fraction of sp³-hybridized carbons (Fsp3) is 0.227. The van der Waals surface area contributed by atoms with Crippen molar-refractivity contribution in [3.8, 4) is 11.3 Å². The normalized spacial score (nSPS) is 11.4. The number of hydrogen-bond acceptors (Lipinski definition) is 6. The summed E-state index contributed by atoms with van der Waals surface area (Å²) in [5, 5.41) is 7.66. The molecule has 0 saturated heterocycles. The third-order valence-electron chi connectivity index (χ3n) is 4.65. The monoisotopic (exact) mass is 490 g/mol. The van der Waals surface area contributed by atoms with E-state index in [2.05, 4.69) is 15.6 Å². The lowest BCUT2D eigenvalue weighted by Gasteiger charge is -2.16. The van der Waals surface area contributed by atoms with Crippen molar-refractivity contribution in [1.82, 2.24) is 9.29 Å². The van der Waals surface area contributed by atoms with E-state index in [9.17, 15) is 22.4 Å². The van der Waals surface area contributed by atoms with Gasteiger partial charge in [-0.05, 0) is 42.8 Å². The molecular formula is C22H23FN4O4S2. The number of anilines is 2. The van der Waals surface area contributed by atoms with Crippen molar-refractivity contribution in [2.45, 2.75) is 24.7 Å². The maximum absolute atomic E-state index is 13.0. The van der Waals surface area contributed by atoms with Gasteiger partial charge in [0, 0.05) is 43.6 Å². The van der Waals surface area contributed by atoms with Crippen molar-refractivity contribution in [3.05, 3.63) is 59.7 Å². The number of thiazole rings is 1. The molecule has 0 bridgehead atoms. The van der Waals surface area contributed by atoms with Crippen molar-refractivity contribution in [2.24, 2.45) is 0 Å². The maximum Gasteiger partial charge on any atom is 0.242 e. The zero-order valence-corrected chi connectivity index (χ0v) is 19.7. The summed E-state index contributed by atoms with van der Waals surface area (Å²) in [6.07, 6.45) is 0.426. The summed E-state index contributed by atoms with van der Waals surface area (Å²) in [5.74, 6) is -0.939. The van der Waals surface area contributed by atoms with Crippen molar-refractivity contribution in [3.63, 3.8) is 0 Å². The molecule has 33 heavy (non-hydrogen) atoms. The smallest absolute Gasteiger partial charge is 0.242 e. The first-order valence-corrected chi connectivity index (χ1v) is 12.3. The number of hydrogen-bond donors (Lipinski definition) is 2. The van der Waals surface area contributed by atoms with Gasteiger partial charge in [0.1, 0.15) is 5.82 Å². The van der Waals surface area contributed by atoms with E-state index in [0.717, 1.165) is 22.0 Å². The first kappa shape index (κ1) is 24.5. The second-order valence-corrected chi connectivity index (χ2v) is 10.1. The van der Waals surface area contributed by atoms with Crippen LogP contribution in [0.25, 0.3) is 11.3 Å². The first-order valence-electron chi connectivity index (χ1n) is 10.0. The first-order chi connectivity index (χ1) is 15.6. The summed E-state index contributed by atoms with van der Waals surface area (Å²) >= 11 is 1.28. The van der Waals surface area contributed by atoms with Gasteiger partial charge in [-0.3, -0.25) is 9.59 Å². The van der Waals surface area contributed by atoms with Gasteiger partial charge in [-0.25, -0.2) is 22.1 Å². The molecule has 0 atom stereocenters. The SMILES string of the molecule is CC(=O)Nc1ccc(-c2csc(NC(=O)CCCN(C)S(=O)(=O)c3ccc(F)cc3)n2)cc1. The Morgan fingerprint density at radius 2 is 1.73 bits per heavy atom. The van der Waals surface area contributed by atoms with Crippen molar-refractivity contribution < 1.29 is 22.4 Å². The zero-order valence-electron chi connectivity index (χ0n) is 18.0. The van der Waals surface area contributed by atoms with Crippen LogP contribution >= 0.6 is 11.3 Å². The summed E-state index contributed by atoms with van der Waals surface area (Å²) in [4.78, 5) is 27.8. The fourth-order valence-corrected chi connectivity index (χ4v) is 4.89. The molecule has 174 valence electrons. The number of nitrogens with one attached hydrogen (secondary N) is 2. The Hall–Kier alpha value is -3.15. The molecule has 1 aromatic heterocycles. The van der Waals surface area contributed by atoms with Crippen molar-refractivity contribution >= 4 is 44.0 Å². The summed E-state index contributed by atoms with van der Waals surface area (Å²) in [6, 6.07) is 11.8. The Morgan fingerprint density at radius 3 is 2.36 bits per heavy atom. The van der Waals surface area contributed by atoms with Crippen LogP contribution < -0.4 is 10.6 Å². The average molecular weight is 491 g/mol. The molecule has 1 heterocycles. The second-order valence-electron chi connectivity index (χ2n) is 7.23. The van der Waals surface area contributed by atoms with E-state index in [1.54, 1.807) is 12.1 Å². The van der Waals surface area contributed by atoms with Crippen LogP contribution in [-0.4, -0.2) is 43.1 Å². The summed E-state index contributed by atoms with van der Waals surface area (Å²) in [5.41, 5.74) is 2.21. The molecule has 0 fully saturated rings. The van der Waals surface area contributed by atoms with Gasteiger partial charge in [0.15, 0.2) is 5.13 Å². The van der Waals surface area contributed by atoms with Crippen LogP contribution in [0.15, 0.2) is 58.8 Å². The Balaban J connectivity index is 1.50. The van der Waals surface area contributed by atoms with Crippen LogP contribution in [0.4, 0.5) is 15.2 Å². The third kappa shape index (κ3) is 6.67. The largest absolute Gasteiger partial charge is 0.326 e. The number of sulfonamides is 1. The number of carbonyl (C=O) groups excluding carboxylic acids is 2. The molecule has 0 unspecified atom stereocenters. The highest BCUT2D eigenvalue weighted by molar-refractivity contribution is 7.89. The molecule has 0 radical (unpaired) electrons. The molecule has 3 aromatic rings. The van der Waals surface area contributed by atoms with Crippen LogP contribution in [0.2, 0.25) is 0 Å². The summed E-state index contributed by atoms with van der Waals surface area (Å²) in [7, 11) is -2.33. The molecule has 3 rings (SSSR count). The molecule has 0 aliphatic heterocycles. The number of aromatic nitrogens is 1. The molecule has 0 spiro atoms.